The van der Waals surface area contributed by atoms with E-state index in [-0.39, 0.29) is 34.0 Å². The largest absolute Gasteiger partial charge is 0.416 e. The topological polar surface area (TPSA) is 113 Å². The van der Waals surface area contributed by atoms with Crippen LogP contribution in [0.5, 0.6) is 0 Å². The molecule has 1 fully saturated rings. The molecule has 0 bridgehead atoms. The minimum absolute atomic E-state index is 0.0456. The Morgan fingerprint density at radius 3 is 2.53 bits per heavy atom. The maximum absolute atomic E-state index is 13.0. The summed E-state index contributed by atoms with van der Waals surface area (Å²) < 4.78 is 44.3. The van der Waals surface area contributed by atoms with Crippen molar-refractivity contribution in [2.45, 2.75) is 6.18 Å². The van der Waals surface area contributed by atoms with Crippen LogP contribution in [0.1, 0.15) is 27.2 Å². The molecule has 0 spiro atoms. The summed E-state index contributed by atoms with van der Waals surface area (Å²) >= 11 is 0. The summed E-state index contributed by atoms with van der Waals surface area (Å²) in [6.07, 6.45) is -4.55. The average Bonchev–Trinajstić information content (AvgIpc) is 2.84. The van der Waals surface area contributed by atoms with Crippen molar-refractivity contribution in [3.05, 3.63) is 75.2 Å². The van der Waals surface area contributed by atoms with Crippen LogP contribution >= 0.6 is 0 Å². The van der Waals surface area contributed by atoms with Crippen molar-refractivity contribution in [3.8, 4) is 0 Å². The first-order valence-corrected chi connectivity index (χ1v) is 10.5. The fourth-order valence-electron chi connectivity index (χ4n) is 3.73. The molecule has 4 N–H and O–H groups in total. The third-order valence-corrected chi connectivity index (χ3v) is 5.49. The molecule has 0 unspecified atom stereocenters. The predicted octanol–water partition coefficient (Wildman–Crippen LogP) is 2.42. The Kier molecular flexibility index (Phi) is 6.29. The zero-order chi connectivity index (χ0) is 24.5. The van der Waals surface area contributed by atoms with Gasteiger partial charge >= 0.3 is 6.18 Å². The molecular weight excluding hydrogens is 451 g/mol. The molecule has 2 aromatic carbocycles. The summed E-state index contributed by atoms with van der Waals surface area (Å²) in [6.45, 7) is 1.92. The van der Waals surface area contributed by atoms with Gasteiger partial charge in [0.2, 0.25) is 0 Å². The first-order chi connectivity index (χ1) is 16.2. The Morgan fingerprint density at radius 2 is 1.85 bits per heavy atom. The number of carbonyl (C=O) groups excluding carboxylic acids is 1. The van der Waals surface area contributed by atoms with Gasteiger partial charge in [-0.2, -0.15) is 13.2 Å². The highest BCUT2D eigenvalue weighted by Gasteiger charge is 2.30. The number of nitrogens with one attached hydrogen (secondary N) is 2. The van der Waals surface area contributed by atoms with E-state index in [1.807, 2.05) is 0 Å². The molecule has 34 heavy (non-hydrogen) atoms. The van der Waals surface area contributed by atoms with Gasteiger partial charge in [0.1, 0.15) is 0 Å². The molecule has 0 atom stereocenters. The molecule has 1 aromatic heterocycles. The molecule has 4 rings (SSSR count). The Hall–Kier alpha value is -3.86. The average molecular weight is 473 g/mol. The fourth-order valence-corrected chi connectivity index (χ4v) is 3.73. The van der Waals surface area contributed by atoms with E-state index in [2.05, 4.69) is 15.3 Å². The molecule has 0 saturated carbocycles. The van der Waals surface area contributed by atoms with Crippen LogP contribution in [0.15, 0.2) is 47.3 Å². The fraction of sp³-hybridized carbons (Fsp3) is 0.261. The highest BCUT2D eigenvalue weighted by atomic mass is 19.4. The van der Waals surface area contributed by atoms with E-state index in [0.717, 1.165) is 12.1 Å². The SMILES string of the molecule is CN/C(=C(/N)c1cccc(C(=O)N2CCOCC2)c1)c1nc2ccc(C(F)(F)F)cc2[nH]c1=O. The van der Waals surface area contributed by atoms with Gasteiger partial charge in [0.05, 0.1) is 41.2 Å². The molecule has 2 heterocycles. The van der Waals surface area contributed by atoms with Crippen molar-refractivity contribution in [3.63, 3.8) is 0 Å². The molecule has 3 aromatic rings. The summed E-state index contributed by atoms with van der Waals surface area (Å²) in [7, 11) is 1.54. The van der Waals surface area contributed by atoms with Crippen LogP contribution in [-0.2, 0) is 10.9 Å². The second-order valence-corrected chi connectivity index (χ2v) is 7.67. The number of benzene rings is 2. The van der Waals surface area contributed by atoms with Crippen molar-refractivity contribution in [2.75, 3.05) is 33.4 Å². The van der Waals surface area contributed by atoms with Crippen molar-refractivity contribution < 1.29 is 22.7 Å². The summed E-state index contributed by atoms with van der Waals surface area (Å²) in [5.41, 5.74) is 6.03. The van der Waals surface area contributed by atoms with Crippen LogP contribution in [0.4, 0.5) is 13.2 Å². The maximum atomic E-state index is 13.0. The van der Waals surface area contributed by atoms with Gasteiger partial charge in [0.25, 0.3) is 11.5 Å². The van der Waals surface area contributed by atoms with E-state index < -0.39 is 17.3 Å². The number of aromatic amines is 1. The smallest absolute Gasteiger partial charge is 0.396 e. The number of H-pyrrole nitrogens is 1. The second-order valence-electron chi connectivity index (χ2n) is 7.67. The number of ether oxygens (including phenoxy) is 1. The maximum Gasteiger partial charge on any atom is 0.416 e. The number of fused-ring (bicyclic) bond motifs is 1. The van der Waals surface area contributed by atoms with Gasteiger partial charge in [0.15, 0.2) is 5.69 Å². The lowest BCUT2D eigenvalue weighted by molar-refractivity contribution is -0.137. The quantitative estimate of drug-likeness (QED) is 0.537. The number of nitrogens with zero attached hydrogens (tertiary/aromatic N) is 2. The number of halogens is 3. The molecule has 11 heteroatoms. The highest BCUT2D eigenvalue weighted by Crippen LogP contribution is 2.30. The molecule has 1 amide bonds. The van der Waals surface area contributed by atoms with Crippen LogP contribution < -0.4 is 16.6 Å². The molecule has 1 saturated heterocycles. The standard InChI is InChI=1S/C23H22F3N5O3/c1-28-19(20-21(32)30-17-12-15(23(24,25)26)5-6-16(17)29-20)18(27)13-3-2-4-14(11-13)22(33)31-7-9-34-10-8-31/h2-6,11-12,28H,7-10,27H2,1H3,(H,30,32)/b19-18+. The van der Waals surface area contributed by atoms with Crippen LogP contribution in [0.25, 0.3) is 22.4 Å². The summed E-state index contributed by atoms with van der Waals surface area (Å²) in [5.74, 6) is -0.161. The Balaban J connectivity index is 1.74. The molecule has 8 nitrogen and oxygen atoms in total. The van der Waals surface area contributed by atoms with E-state index >= 15 is 0 Å². The van der Waals surface area contributed by atoms with Crippen LogP contribution in [0, 0.1) is 0 Å². The van der Waals surface area contributed by atoms with Crippen LogP contribution in [0.3, 0.4) is 0 Å². The van der Waals surface area contributed by atoms with Gasteiger partial charge in [-0.25, -0.2) is 4.98 Å². The first-order valence-electron chi connectivity index (χ1n) is 10.5. The number of alkyl halides is 3. The second kappa shape index (κ2) is 9.18. The number of hydrogen-bond acceptors (Lipinski definition) is 6. The number of hydrogen-bond donors (Lipinski definition) is 3. The van der Waals surface area contributed by atoms with Gasteiger partial charge < -0.3 is 25.7 Å². The zero-order valence-electron chi connectivity index (χ0n) is 18.2. The number of morpholine rings is 1. The third-order valence-electron chi connectivity index (χ3n) is 5.49. The first kappa shape index (κ1) is 23.3. The molecule has 1 aliphatic heterocycles. The number of carbonyl (C=O) groups is 1. The predicted molar refractivity (Wildman–Crippen MR) is 121 cm³/mol. The highest BCUT2D eigenvalue weighted by molar-refractivity contribution is 5.96. The van der Waals surface area contributed by atoms with E-state index in [4.69, 9.17) is 10.5 Å². The van der Waals surface area contributed by atoms with Crippen molar-refractivity contribution in [2.24, 2.45) is 5.73 Å². The van der Waals surface area contributed by atoms with Crippen molar-refractivity contribution in [1.82, 2.24) is 20.2 Å². The lowest BCUT2D eigenvalue weighted by Crippen LogP contribution is -2.40. The summed E-state index contributed by atoms with van der Waals surface area (Å²) in [5, 5.41) is 2.85. The summed E-state index contributed by atoms with van der Waals surface area (Å²) in [6, 6.07) is 9.57. The number of nitrogens with two attached hydrogens (primary N) is 1. The lowest BCUT2D eigenvalue weighted by atomic mass is 10.0. The van der Waals surface area contributed by atoms with Gasteiger partial charge in [-0.3, -0.25) is 9.59 Å². The van der Waals surface area contributed by atoms with Gasteiger partial charge in [-0.1, -0.05) is 12.1 Å². The Labute approximate surface area is 192 Å². The number of rotatable bonds is 4. The van der Waals surface area contributed by atoms with Crippen LogP contribution in [-0.4, -0.2) is 54.1 Å². The molecule has 178 valence electrons. The molecule has 0 radical (unpaired) electrons. The Morgan fingerprint density at radius 1 is 1.15 bits per heavy atom. The van der Waals surface area contributed by atoms with Crippen LogP contribution in [0.2, 0.25) is 0 Å². The van der Waals surface area contributed by atoms with Gasteiger partial charge in [-0.05, 0) is 30.3 Å². The Bertz CT molecular complexity index is 1330. The molecular formula is C23H22F3N5O3. The minimum Gasteiger partial charge on any atom is -0.396 e. The number of amides is 1. The number of aromatic nitrogens is 2. The minimum atomic E-state index is -4.55. The van der Waals surface area contributed by atoms with Gasteiger partial charge in [-0.15, -0.1) is 0 Å². The summed E-state index contributed by atoms with van der Waals surface area (Å²) in [4.78, 5) is 33.9. The van der Waals surface area contributed by atoms with Crippen molar-refractivity contribution >= 4 is 28.3 Å². The van der Waals surface area contributed by atoms with E-state index in [1.54, 1.807) is 36.2 Å². The van der Waals surface area contributed by atoms with E-state index in [9.17, 15) is 22.8 Å². The van der Waals surface area contributed by atoms with E-state index in [0.29, 0.717) is 37.4 Å². The monoisotopic (exact) mass is 473 g/mol. The molecule has 1 aliphatic rings. The van der Waals surface area contributed by atoms with E-state index in [1.165, 1.54) is 6.07 Å². The third kappa shape index (κ3) is 4.60. The van der Waals surface area contributed by atoms with Gasteiger partial charge in [0, 0.05) is 31.3 Å². The van der Waals surface area contributed by atoms with Crippen molar-refractivity contribution in [1.29, 1.82) is 0 Å². The molecule has 0 aliphatic carbocycles. The lowest BCUT2D eigenvalue weighted by Gasteiger charge is -2.27. The zero-order valence-corrected chi connectivity index (χ0v) is 18.2. The normalized spacial score (nSPS) is 15.2.